The monoisotopic (exact) mass is 227 g/mol. The normalized spacial score (nSPS) is 19.1. The van der Waals surface area contributed by atoms with E-state index in [-0.39, 0.29) is 5.60 Å². The molecule has 94 valence electrons. The van der Waals surface area contributed by atoms with Gasteiger partial charge in [0, 0.05) is 12.6 Å². The van der Waals surface area contributed by atoms with Crippen molar-refractivity contribution in [3.05, 3.63) is 0 Å². The Hall–Kier alpha value is -0.770. The maximum Gasteiger partial charge on any atom is 0.188 e. The summed E-state index contributed by atoms with van der Waals surface area (Å²) in [5.41, 5.74) is 5.61. The molecule has 0 heterocycles. The standard InChI is InChI=1S/C12H25N3O/c1-4-16-12(2,3)9-14-11(13)15-10-7-5-6-8-10/h10H,4-9H2,1-3H3,(H3,13,14,15). The van der Waals surface area contributed by atoms with Gasteiger partial charge in [0.05, 0.1) is 12.1 Å². The molecule has 1 fully saturated rings. The van der Waals surface area contributed by atoms with Crippen LogP contribution in [0.3, 0.4) is 0 Å². The zero-order valence-corrected chi connectivity index (χ0v) is 10.8. The number of nitrogens with two attached hydrogens (primary N) is 1. The van der Waals surface area contributed by atoms with Crippen LogP contribution >= 0.6 is 0 Å². The van der Waals surface area contributed by atoms with Gasteiger partial charge in [0.15, 0.2) is 5.96 Å². The molecule has 0 unspecified atom stereocenters. The topological polar surface area (TPSA) is 59.6 Å². The van der Waals surface area contributed by atoms with Gasteiger partial charge in [-0.15, -0.1) is 0 Å². The van der Waals surface area contributed by atoms with Crippen LogP contribution in [-0.2, 0) is 4.74 Å². The molecule has 0 spiro atoms. The smallest absolute Gasteiger partial charge is 0.188 e. The molecule has 3 N–H and O–H groups in total. The second kappa shape index (κ2) is 6.09. The van der Waals surface area contributed by atoms with E-state index >= 15 is 0 Å². The Morgan fingerprint density at radius 2 is 2.06 bits per heavy atom. The Kier molecular flexibility index (Phi) is 5.06. The third-order valence-corrected chi connectivity index (χ3v) is 2.87. The van der Waals surface area contributed by atoms with E-state index in [4.69, 9.17) is 10.5 Å². The first-order valence-corrected chi connectivity index (χ1v) is 6.24. The second-order valence-electron chi connectivity index (χ2n) is 5.02. The van der Waals surface area contributed by atoms with Crippen molar-refractivity contribution in [2.45, 2.75) is 58.1 Å². The third-order valence-electron chi connectivity index (χ3n) is 2.87. The van der Waals surface area contributed by atoms with Crippen LogP contribution in [0.4, 0.5) is 0 Å². The number of rotatable bonds is 5. The summed E-state index contributed by atoms with van der Waals surface area (Å²) in [5.74, 6) is 0.555. The summed E-state index contributed by atoms with van der Waals surface area (Å²) in [6.45, 7) is 7.36. The molecular weight excluding hydrogens is 202 g/mol. The number of ether oxygens (including phenoxy) is 1. The van der Waals surface area contributed by atoms with Gasteiger partial charge in [-0.05, 0) is 33.6 Å². The molecule has 1 saturated carbocycles. The van der Waals surface area contributed by atoms with Crippen molar-refractivity contribution in [2.75, 3.05) is 13.2 Å². The van der Waals surface area contributed by atoms with Gasteiger partial charge in [-0.2, -0.15) is 0 Å². The minimum atomic E-state index is -0.225. The van der Waals surface area contributed by atoms with Crippen LogP contribution in [0.25, 0.3) is 0 Å². The predicted octanol–water partition coefficient (Wildman–Crippen LogP) is 1.65. The van der Waals surface area contributed by atoms with Crippen molar-refractivity contribution in [3.8, 4) is 0 Å². The van der Waals surface area contributed by atoms with Crippen molar-refractivity contribution in [2.24, 2.45) is 10.7 Å². The lowest BCUT2D eigenvalue weighted by Gasteiger charge is -2.22. The van der Waals surface area contributed by atoms with Crippen LogP contribution in [0.1, 0.15) is 46.5 Å². The van der Waals surface area contributed by atoms with Crippen LogP contribution in [-0.4, -0.2) is 30.8 Å². The van der Waals surface area contributed by atoms with E-state index in [0.717, 1.165) is 0 Å². The van der Waals surface area contributed by atoms with Crippen molar-refractivity contribution in [1.82, 2.24) is 5.32 Å². The number of guanidine groups is 1. The summed E-state index contributed by atoms with van der Waals surface area (Å²) in [7, 11) is 0. The molecule has 0 aromatic carbocycles. The molecule has 16 heavy (non-hydrogen) atoms. The Morgan fingerprint density at radius 1 is 1.44 bits per heavy atom. The second-order valence-corrected chi connectivity index (χ2v) is 5.02. The van der Waals surface area contributed by atoms with Gasteiger partial charge in [0.1, 0.15) is 0 Å². The summed E-state index contributed by atoms with van der Waals surface area (Å²) in [4.78, 5) is 4.34. The van der Waals surface area contributed by atoms with Gasteiger partial charge < -0.3 is 15.8 Å². The van der Waals surface area contributed by atoms with Gasteiger partial charge in [-0.3, -0.25) is 4.99 Å². The average Bonchev–Trinajstić information content (AvgIpc) is 2.68. The van der Waals surface area contributed by atoms with Gasteiger partial charge in [-0.1, -0.05) is 12.8 Å². The highest BCUT2D eigenvalue weighted by Crippen LogP contribution is 2.17. The van der Waals surface area contributed by atoms with Crippen molar-refractivity contribution < 1.29 is 4.74 Å². The van der Waals surface area contributed by atoms with Crippen molar-refractivity contribution in [1.29, 1.82) is 0 Å². The average molecular weight is 227 g/mol. The van der Waals surface area contributed by atoms with Crippen molar-refractivity contribution in [3.63, 3.8) is 0 Å². The SMILES string of the molecule is CCOC(C)(C)CN=C(N)NC1CCCC1. The van der Waals surface area contributed by atoms with E-state index in [1.54, 1.807) is 0 Å². The van der Waals surface area contributed by atoms with Crippen LogP contribution in [0.5, 0.6) is 0 Å². The highest BCUT2D eigenvalue weighted by atomic mass is 16.5. The maximum absolute atomic E-state index is 5.84. The summed E-state index contributed by atoms with van der Waals surface area (Å²) >= 11 is 0. The molecule has 0 aromatic heterocycles. The molecule has 1 aliphatic rings. The summed E-state index contributed by atoms with van der Waals surface area (Å²) < 4.78 is 5.56. The van der Waals surface area contributed by atoms with Gasteiger partial charge >= 0.3 is 0 Å². The van der Waals surface area contributed by atoms with Crippen LogP contribution in [0.15, 0.2) is 4.99 Å². The first-order chi connectivity index (χ1) is 7.53. The van der Waals surface area contributed by atoms with E-state index in [1.807, 2.05) is 20.8 Å². The zero-order chi connectivity index (χ0) is 12.0. The van der Waals surface area contributed by atoms with E-state index in [0.29, 0.717) is 25.2 Å². The Balaban J connectivity index is 2.31. The van der Waals surface area contributed by atoms with E-state index in [1.165, 1.54) is 25.7 Å². The fraction of sp³-hybridized carbons (Fsp3) is 0.917. The lowest BCUT2D eigenvalue weighted by Crippen LogP contribution is -2.40. The molecule has 1 aliphatic carbocycles. The Labute approximate surface area is 98.6 Å². The highest BCUT2D eigenvalue weighted by Gasteiger charge is 2.18. The highest BCUT2D eigenvalue weighted by molar-refractivity contribution is 5.78. The number of hydrogen-bond donors (Lipinski definition) is 2. The van der Waals surface area contributed by atoms with Crippen molar-refractivity contribution >= 4 is 5.96 Å². The summed E-state index contributed by atoms with van der Waals surface area (Å²) in [6.07, 6.45) is 5.03. The number of aliphatic imine (C=N–C) groups is 1. The summed E-state index contributed by atoms with van der Waals surface area (Å²) in [6, 6.07) is 0.527. The lowest BCUT2D eigenvalue weighted by atomic mass is 10.1. The first-order valence-electron chi connectivity index (χ1n) is 6.24. The molecule has 0 amide bonds. The van der Waals surface area contributed by atoms with Gasteiger partial charge in [-0.25, -0.2) is 0 Å². The number of nitrogens with zero attached hydrogens (tertiary/aromatic N) is 1. The molecule has 0 aliphatic heterocycles. The molecule has 4 nitrogen and oxygen atoms in total. The predicted molar refractivity (Wildman–Crippen MR) is 67.6 cm³/mol. The third kappa shape index (κ3) is 4.84. The summed E-state index contributed by atoms with van der Waals surface area (Å²) in [5, 5.41) is 3.27. The molecule has 4 heteroatoms. The molecule has 0 saturated heterocycles. The molecule has 0 radical (unpaired) electrons. The van der Waals surface area contributed by atoms with E-state index in [2.05, 4.69) is 10.3 Å². The van der Waals surface area contributed by atoms with Crippen LogP contribution in [0.2, 0.25) is 0 Å². The molecule has 0 atom stereocenters. The molecule has 0 bridgehead atoms. The Bertz CT molecular complexity index is 232. The fourth-order valence-corrected chi connectivity index (χ4v) is 2.04. The number of nitrogens with one attached hydrogen (secondary N) is 1. The largest absolute Gasteiger partial charge is 0.374 e. The van der Waals surface area contributed by atoms with E-state index < -0.39 is 0 Å². The lowest BCUT2D eigenvalue weighted by molar-refractivity contribution is -0.00216. The van der Waals surface area contributed by atoms with Crippen LogP contribution < -0.4 is 11.1 Å². The van der Waals surface area contributed by atoms with Crippen LogP contribution in [0, 0.1) is 0 Å². The fourth-order valence-electron chi connectivity index (χ4n) is 2.04. The molecule has 1 rings (SSSR count). The Morgan fingerprint density at radius 3 is 2.62 bits per heavy atom. The first kappa shape index (κ1) is 13.3. The quantitative estimate of drug-likeness (QED) is 0.554. The van der Waals surface area contributed by atoms with Gasteiger partial charge in [0.2, 0.25) is 0 Å². The molecule has 0 aromatic rings. The van der Waals surface area contributed by atoms with Gasteiger partial charge in [0.25, 0.3) is 0 Å². The molecular formula is C12H25N3O. The van der Waals surface area contributed by atoms with E-state index in [9.17, 15) is 0 Å². The maximum atomic E-state index is 5.84. The minimum Gasteiger partial charge on any atom is -0.374 e. The zero-order valence-electron chi connectivity index (χ0n) is 10.8. The number of hydrogen-bond acceptors (Lipinski definition) is 2. The minimum absolute atomic E-state index is 0.225.